The average molecular weight is 393 g/mol. The van der Waals surface area contributed by atoms with Gasteiger partial charge < -0.3 is 10.1 Å². The van der Waals surface area contributed by atoms with Crippen LogP contribution in [0.2, 0.25) is 0 Å². The van der Waals surface area contributed by atoms with E-state index in [-0.39, 0.29) is 24.0 Å². The maximum Gasteiger partial charge on any atom is 0.237 e. The van der Waals surface area contributed by atoms with Crippen molar-refractivity contribution < 1.29 is 9.53 Å². The van der Waals surface area contributed by atoms with Crippen LogP contribution in [-0.2, 0) is 11.2 Å². The topological polar surface area (TPSA) is 62.1 Å². The molecule has 8 atom stereocenters. The van der Waals surface area contributed by atoms with Crippen LogP contribution >= 0.6 is 0 Å². The van der Waals surface area contributed by atoms with Gasteiger partial charge in [0, 0.05) is 12.0 Å². The highest BCUT2D eigenvalue weighted by Gasteiger charge is 2.63. The van der Waals surface area contributed by atoms with Crippen molar-refractivity contribution in [1.82, 2.24) is 5.32 Å². The second kappa shape index (κ2) is 7.35. The van der Waals surface area contributed by atoms with Gasteiger partial charge >= 0.3 is 0 Å². The Balaban J connectivity index is 1.33. The third-order valence-electron chi connectivity index (χ3n) is 8.16. The van der Waals surface area contributed by atoms with E-state index in [4.69, 9.17) is 4.74 Å². The molecule has 1 aromatic carbocycles. The Morgan fingerprint density at radius 3 is 2.55 bits per heavy atom. The molecule has 0 spiro atoms. The number of nitriles is 1. The number of nitrogens with one attached hydrogen (secondary N) is 1. The van der Waals surface area contributed by atoms with E-state index in [0.29, 0.717) is 29.6 Å². The Hall–Kier alpha value is -2.02. The number of carbonyl (C=O) groups is 1. The van der Waals surface area contributed by atoms with Crippen molar-refractivity contribution in [2.45, 2.75) is 64.5 Å². The lowest BCUT2D eigenvalue weighted by atomic mass is 9.62. The predicted octanol–water partition coefficient (Wildman–Crippen LogP) is 4.34. The van der Waals surface area contributed by atoms with Crippen LogP contribution in [0.5, 0.6) is 5.75 Å². The molecule has 5 rings (SSSR count). The highest BCUT2D eigenvalue weighted by Crippen LogP contribution is 2.60. The zero-order chi connectivity index (χ0) is 20.1. The number of hydrogen-bond acceptors (Lipinski definition) is 3. The van der Waals surface area contributed by atoms with Crippen molar-refractivity contribution >= 4 is 5.91 Å². The highest BCUT2D eigenvalue weighted by atomic mass is 16.5. The van der Waals surface area contributed by atoms with E-state index >= 15 is 0 Å². The molecule has 0 aromatic heterocycles. The molecule has 1 saturated heterocycles. The van der Waals surface area contributed by atoms with E-state index in [1.807, 2.05) is 0 Å². The van der Waals surface area contributed by atoms with E-state index < -0.39 is 5.92 Å². The first-order valence-electron chi connectivity index (χ1n) is 11.5. The molecule has 3 aliphatic carbocycles. The Labute approximate surface area is 174 Å². The average Bonchev–Trinajstić information content (AvgIpc) is 3.19. The standard InChI is InChI=1S/C25H32N2O2/c1-14(2)12-15-6-8-16(9-7-15)29-21-11-10-19-22-17(21)4-3-5-18(22)23-20(13-26)25(28)27-24(19)23/h6-9,14,17-24H,3-5,10-12H2,1-2H3,(H,27,28). The smallest absolute Gasteiger partial charge is 0.237 e. The summed E-state index contributed by atoms with van der Waals surface area (Å²) in [4.78, 5) is 12.3. The Morgan fingerprint density at radius 2 is 1.83 bits per heavy atom. The number of benzene rings is 1. The molecule has 1 amide bonds. The number of nitrogens with zero attached hydrogens (tertiary/aromatic N) is 1. The SMILES string of the molecule is CC(C)Cc1ccc(OC2CCC3C4NC(=O)C(C#N)C4C4CCCC2C34)cc1. The quantitative estimate of drug-likeness (QED) is 0.829. The van der Waals surface area contributed by atoms with Gasteiger partial charge in [-0.3, -0.25) is 4.79 Å². The lowest BCUT2D eigenvalue weighted by Gasteiger charge is -2.46. The summed E-state index contributed by atoms with van der Waals surface area (Å²) >= 11 is 0. The molecular weight excluding hydrogens is 360 g/mol. The van der Waals surface area contributed by atoms with E-state index in [9.17, 15) is 10.1 Å². The molecule has 1 heterocycles. The van der Waals surface area contributed by atoms with Crippen LogP contribution in [0, 0.1) is 52.8 Å². The number of ether oxygens (including phenoxy) is 1. The molecule has 29 heavy (non-hydrogen) atoms. The summed E-state index contributed by atoms with van der Waals surface area (Å²) < 4.78 is 6.55. The number of amides is 1. The minimum atomic E-state index is -0.442. The van der Waals surface area contributed by atoms with Gasteiger partial charge in [-0.2, -0.15) is 5.26 Å². The van der Waals surface area contributed by atoms with Crippen LogP contribution in [0.25, 0.3) is 0 Å². The molecule has 4 aliphatic rings. The Bertz CT molecular complexity index is 811. The fourth-order valence-corrected chi connectivity index (χ4v) is 7.27. The Kier molecular flexibility index (Phi) is 4.81. The minimum absolute atomic E-state index is 0.0251. The molecular formula is C25H32N2O2. The number of fused-ring (bicyclic) bond motifs is 3. The van der Waals surface area contributed by atoms with Gasteiger partial charge in [0.1, 0.15) is 17.8 Å². The number of hydrogen-bond donors (Lipinski definition) is 1. The van der Waals surface area contributed by atoms with Gasteiger partial charge in [0.25, 0.3) is 0 Å². The van der Waals surface area contributed by atoms with Gasteiger partial charge in [-0.15, -0.1) is 0 Å². The largest absolute Gasteiger partial charge is 0.490 e. The summed E-state index contributed by atoms with van der Waals surface area (Å²) in [5.74, 6) is 3.61. The van der Waals surface area contributed by atoms with Crippen molar-refractivity contribution in [3.8, 4) is 11.8 Å². The lowest BCUT2D eigenvalue weighted by Crippen LogP contribution is -2.47. The summed E-state index contributed by atoms with van der Waals surface area (Å²) in [5, 5.41) is 12.8. The van der Waals surface area contributed by atoms with Gasteiger partial charge in [0.2, 0.25) is 5.91 Å². The van der Waals surface area contributed by atoms with Crippen LogP contribution < -0.4 is 10.1 Å². The third kappa shape index (κ3) is 3.14. The maximum atomic E-state index is 12.3. The van der Waals surface area contributed by atoms with Crippen molar-refractivity contribution in [2.24, 2.45) is 41.4 Å². The first-order valence-corrected chi connectivity index (χ1v) is 11.5. The summed E-state index contributed by atoms with van der Waals surface area (Å²) in [6.07, 6.45) is 7.12. The molecule has 0 bridgehead atoms. The van der Waals surface area contributed by atoms with Crippen molar-refractivity contribution in [1.29, 1.82) is 5.26 Å². The van der Waals surface area contributed by atoms with Gasteiger partial charge in [-0.1, -0.05) is 32.4 Å². The summed E-state index contributed by atoms with van der Waals surface area (Å²) in [6, 6.07) is 11.2. The molecule has 1 aromatic rings. The first kappa shape index (κ1) is 19.0. The van der Waals surface area contributed by atoms with E-state index in [0.717, 1.165) is 25.0 Å². The molecule has 1 aliphatic heterocycles. The van der Waals surface area contributed by atoms with E-state index in [1.54, 1.807) is 0 Å². The second-order valence-electron chi connectivity index (χ2n) is 10.2. The van der Waals surface area contributed by atoms with Gasteiger partial charge in [-0.05, 0) is 79.4 Å². The second-order valence-corrected chi connectivity index (χ2v) is 10.2. The van der Waals surface area contributed by atoms with Crippen molar-refractivity contribution in [2.75, 3.05) is 0 Å². The van der Waals surface area contributed by atoms with Crippen LogP contribution in [0.15, 0.2) is 24.3 Å². The fourth-order valence-electron chi connectivity index (χ4n) is 7.27. The molecule has 4 heteroatoms. The summed E-state index contributed by atoms with van der Waals surface area (Å²) in [7, 11) is 0. The molecule has 8 unspecified atom stereocenters. The number of carbonyl (C=O) groups excluding carboxylic acids is 1. The van der Waals surface area contributed by atoms with Gasteiger partial charge in [-0.25, -0.2) is 0 Å². The number of rotatable bonds is 4. The molecule has 154 valence electrons. The van der Waals surface area contributed by atoms with Gasteiger partial charge in [0.05, 0.1) is 6.07 Å². The van der Waals surface area contributed by atoms with Crippen molar-refractivity contribution in [3.05, 3.63) is 29.8 Å². The van der Waals surface area contributed by atoms with Gasteiger partial charge in [0.15, 0.2) is 0 Å². The van der Waals surface area contributed by atoms with Crippen LogP contribution in [0.3, 0.4) is 0 Å². The molecule has 4 fully saturated rings. The predicted molar refractivity (Wildman–Crippen MR) is 111 cm³/mol. The first-order chi connectivity index (χ1) is 14.1. The van der Waals surface area contributed by atoms with Crippen LogP contribution in [0.1, 0.15) is 51.5 Å². The van der Waals surface area contributed by atoms with Crippen LogP contribution in [0.4, 0.5) is 0 Å². The lowest BCUT2D eigenvalue weighted by molar-refractivity contribution is -0.122. The molecule has 0 radical (unpaired) electrons. The monoisotopic (exact) mass is 392 g/mol. The van der Waals surface area contributed by atoms with E-state index in [2.05, 4.69) is 49.5 Å². The molecule has 1 N–H and O–H groups in total. The zero-order valence-electron chi connectivity index (χ0n) is 17.5. The van der Waals surface area contributed by atoms with E-state index in [1.165, 1.54) is 24.8 Å². The highest BCUT2D eigenvalue weighted by molar-refractivity contribution is 5.84. The summed E-state index contributed by atoms with van der Waals surface area (Å²) in [6.45, 7) is 4.50. The Morgan fingerprint density at radius 1 is 1.07 bits per heavy atom. The minimum Gasteiger partial charge on any atom is -0.490 e. The third-order valence-corrected chi connectivity index (χ3v) is 8.16. The van der Waals surface area contributed by atoms with Crippen LogP contribution in [-0.4, -0.2) is 18.1 Å². The normalized spacial score (nSPS) is 40.1. The molecule has 3 saturated carbocycles. The van der Waals surface area contributed by atoms with Crippen molar-refractivity contribution in [3.63, 3.8) is 0 Å². The maximum absolute atomic E-state index is 12.3. The summed E-state index contributed by atoms with van der Waals surface area (Å²) in [5.41, 5.74) is 1.37. The molecule has 4 nitrogen and oxygen atoms in total. The zero-order valence-corrected chi connectivity index (χ0v) is 17.5. The fraction of sp³-hybridized carbons (Fsp3) is 0.680.